The lowest BCUT2D eigenvalue weighted by molar-refractivity contribution is -0.146. The number of nitrogens with zero attached hydrogens (tertiary/aromatic N) is 5. The fraction of sp³-hybridized carbons (Fsp3) is 0.667. The van der Waals surface area contributed by atoms with Crippen molar-refractivity contribution >= 4 is 17.4 Å². The number of hydrogen-bond donors (Lipinski definition) is 1. The van der Waals surface area contributed by atoms with Crippen molar-refractivity contribution in [1.29, 1.82) is 0 Å². The molecule has 1 aliphatic carbocycles. The molecule has 0 radical (unpaired) electrons. The van der Waals surface area contributed by atoms with Crippen LogP contribution >= 0.6 is 0 Å². The number of anilines is 1. The molecule has 7 nitrogen and oxygen atoms in total. The molecular formula is C18H23F3N6O. The second kappa shape index (κ2) is 7.56. The quantitative estimate of drug-likeness (QED) is 0.864. The van der Waals surface area contributed by atoms with Crippen molar-refractivity contribution in [2.45, 2.75) is 57.2 Å². The van der Waals surface area contributed by atoms with Gasteiger partial charge in [-0.1, -0.05) is 19.3 Å². The van der Waals surface area contributed by atoms with Crippen LogP contribution in [-0.4, -0.2) is 44.8 Å². The van der Waals surface area contributed by atoms with E-state index in [9.17, 15) is 18.0 Å². The molecule has 4 rings (SSSR count). The van der Waals surface area contributed by atoms with Crippen molar-refractivity contribution in [3.8, 4) is 0 Å². The summed E-state index contributed by atoms with van der Waals surface area (Å²) in [5.74, 6) is -0.893. The van der Waals surface area contributed by atoms with E-state index in [2.05, 4.69) is 20.6 Å². The summed E-state index contributed by atoms with van der Waals surface area (Å²) in [5.41, 5.74) is 0.0414. The first-order valence-electron chi connectivity index (χ1n) is 9.77. The van der Waals surface area contributed by atoms with Crippen molar-refractivity contribution in [2.24, 2.45) is 5.92 Å². The number of rotatable bonds is 3. The van der Waals surface area contributed by atoms with Crippen molar-refractivity contribution in [3.05, 3.63) is 18.0 Å². The maximum absolute atomic E-state index is 13.1. The third-order valence-electron chi connectivity index (χ3n) is 5.57. The van der Waals surface area contributed by atoms with Gasteiger partial charge in [0.25, 0.3) is 5.82 Å². The molecule has 0 bridgehead atoms. The smallest absolute Gasteiger partial charge is 0.354 e. The Kier molecular flexibility index (Phi) is 5.11. The lowest BCUT2D eigenvalue weighted by Gasteiger charge is -2.34. The minimum atomic E-state index is -4.63. The molecule has 2 aromatic rings. The van der Waals surface area contributed by atoms with Gasteiger partial charge < -0.3 is 10.2 Å². The Hall–Kier alpha value is -2.39. The summed E-state index contributed by atoms with van der Waals surface area (Å²) in [5, 5.41) is 14.0. The van der Waals surface area contributed by atoms with Gasteiger partial charge in [-0.25, -0.2) is 0 Å². The zero-order valence-corrected chi connectivity index (χ0v) is 15.5. The minimum Gasteiger partial charge on any atom is -0.354 e. The predicted molar refractivity (Wildman–Crippen MR) is 95.7 cm³/mol. The van der Waals surface area contributed by atoms with E-state index in [4.69, 9.17) is 0 Å². The number of hydrogen-bond acceptors (Lipinski definition) is 5. The van der Waals surface area contributed by atoms with Crippen molar-refractivity contribution in [1.82, 2.24) is 25.1 Å². The molecule has 0 aromatic carbocycles. The Morgan fingerprint density at radius 1 is 1.07 bits per heavy atom. The van der Waals surface area contributed by atoms with E-state index in [0.29, 0.717) is 18.9 Å². The SMILES string of the molecule is O=C(NC1CCCCC1)C1CCCN(c2ccc3nnc(C(F)(F)F)n3n2)C1. The zero-order valence-electron chi connectivity index (χ0n) is 15.5. The van der Waals surface area contributed by atoms with Crippen LogP contribution in [0.5, 0.6) is 0 Å². The Balaban J connectivity index is 1.48. The number of alkyl halides is 3. The minimum absolute atomic E-state index is 0.0398. The number of fused-ring (bicyclic) bond motifs is 1. The van der Waals surface area contributed by atoms with E-state index in [-0.39, 0.29) is 23.5 Å². The van der Waals surface area contributed by atoms with Crippen LogP contribution in [0.25, 0.3) is 5.65 Å². The van der Waals surface area contributed by atoms with E-state index >= 15 is 0 Å². The van der Waals surface area contributed by atoms with Gasteiger partial charge in [0, 0.05) is 19.1 Å². The second-order valence-corrected chi connectivity index (χ2v) is 7.61. The van der Waals surface area contributed by atoms with Crippen LogP contribution in [0.1, 0.15) is 50.8 Å². The number of amides is 1. The molecule has 1 saturated carbocycles. The number of aromatic nitrogens is 4. The van der Waals surface area contributed by atoms with Gasteiger partial charge in [-0.05, 0) is 37.8 Å². The van der Waals surface area contributed by atoms with Crippen LogP contribution in [0.3, 0.4) is 0 Å². The first-order valence-corrected chi connectivity index (χ1v) is 9.77. The Bertz CT molecular complexity index is 845. The van der Waals surface area contributed by atoms with Crippen LogP contribution in [0.4, 0.5) is 19.0 Å². The molecule has 28 heavy (non-hydrogen) atoms. The highest BCUT2D eigenvalue weighted by molar-refractivity contribution is 5.79. The summed E-state index contributed by atoms with van der Waals surface area (Å²) >= 11 is 0. The van der Waals surface area contributed by atoms with Gasteiger partial charge in [-0.3, -0.25) is 4.79 Å². The number of piperidine rings is 1. The molecule has 1 atom stereocenters. The highest BCUT2D eigenvalue weighted by atomic mass is 19.4. The standard InChI is InChI=1S/C18H23F3N6O/c19-18(20,21)17-24-23-14-8-9-15(25-27(14)17)26-10-4-5-12(11-26)16(28)22-13-6-2-1-3-7-13/h8-9,12-13H,1-7,10-11H2,(H,22,28). The molecule has 10 heteroatoms. The molecule has 1 saturated heterocycles. The fourth-order valence-corrected chi connectivity index (χ4v) is 4.09. The van der Waals surface area contributed by atoms with Crippen molar-refractivity contribution in [2.75, 3.05) is 18.0 Å². The van der Waals surface area contributed by atoms with Gasteiger partial charge in [0.15, 0.2) is 5.65 Å². The van der Waals surface area contributed by atoms with Crippen LogP contribution in [-0.2, 0) is 11.0 Å². The number of halogens is 3. The molecule has 2 aliphatic rings. The highest BCUT2D eigenvalue weighted by Crippen LogP contribution is 2.29. The molecule has 1 amide bonds. The van der Waals surface area contributed by atoms with Gasteiger partial charge >= 0.3 is 6.18 Å². The summed E-state index contributed by atoms with van der Waals surface area (Å²) in [6, 6.07) is 3.35. The molecule has 152 valence electrons. The van der Waals surface area contributed by atoms with Crippen LogP contribution in [0.2, 0.25) is 0 Å². The lowest BCUT2D eigenvalue weighted by Crippen LogP contribution is -2.46. The molecule has 1 aliphatic heterocycles. The predicted octanol–water partition coefficient (Wildman–Crippen LogP) is 2.81. The summed E-state index contributed by atoms with van der Waals surface area (Å²) < 4.78 is 40.0. The Morgan fingerprint density at radius 3 is 2.61 bits per heavy atom. The van der Waals surface area contributed by atoms with E-state index in [0.717, 1.165) is 43.0 Å². The fourth-order valence-electron chi connectivity index (χ4n) is 4.09. The number of carbonyl (C=O) groups excluding carboxylic acids is 1. The van der Waals surface area contributed by atoms with E-state index in [1.54, 1.807) is 6.07 Å². The third-order valence-corrected chi connectivity index (χ3v) is 5.57. The molecular weight excluding hydrogens is 373 g/mol. The summed E-state index contributed by atoms with van der Waals surface area (Å²) in [7, 11) is 0. The van der Waals surface area contributed by atoms with E-state index in [1.165, 1.54) is 12.5 Å². The van der Waals surface area contributed by atoms with Crippen LogP contribution < -0.4 is 10.2 Å². The first kappa shape index (κ1) is 18.9. The van der Waals surface area contributed by atoms with Crippen molar-refractivity contribution < 1.29 is 18.0 Å². The maximum atomic E-state index is 13.1. The lowest BCUT2D eigenvalue weighted by atomic mass is 9.93. The van der Waals surface area contributed by atoms with Gasteiger partial charge in [0.2, 0.25) is 5.91 Å². The molecule has 2 fully saturated rings. The molecule has 1 N–H and O–H groups in total. The second-order valence-electron chi connectivity index (χ2n) is 7.61. The summed E-state index contributed by atoms with van der Waals surface area (Å²) in [4.78, 5) is 14.5. The summed E-state index contributed by atoms with van der Waals surface area (Å²) in [6.45, 7) is 1.09. The molecule has 1 unspecified atom stereocenters. The average molecular weight is 396 g/mol. The normalized spacial score (nSPS) is 21.8. The van der Waals surface area contributed by atoms with Crippen LogP contribution in [0.15, 0.2) is 12.1 Å². The van der Waals surface area contributed by atoms with E-state index < -0.39 is 12.0 Å². The third kappa shape index (κ3) is 3.90. The number of nitrogens with one attached hydrogen (secondary N) is 1. The topological polar surface area (TPSA) is 75.4 Å². The monoisotopic (exact) mass is 396 g/mol. The molecule has 3 heterocycles. The van der Waals surface area contributed by atoms with Crippen LogP contribution in [0, 0.1) is 5.92 Å². The van der Waals surface area contributed by atoms with Gasteiger partial charge in [0.1, 0.15) is 5.82 Å². The molecule has 2 aromatic heterocycles. The maximum Gasteiger partial charge on any atom is 0.453 e. The molecule has 0 spiro atoms. The highest BCUT2D eigenvalue weighted by Gasteiger charge is 2.38. The number of carbonyl (C=O) groups is 1. The van der Waals surface area contributed by atoms with Gasteiger partial charge in [0.05, 0.1) is 5.92 Å². The Labute approximate surface area is 160 Å². The Morgan fingerprint density at radius 2 is 1.86 bits per heavy atom. The van der Waals surface area contributed by atoms with Crippen molar-refractivity contribution in [3.63, 3.8) is 0 Å². The van der Waals surface area contributed by atoms with Gasteiger partial charge in [-0.2, -0.15) is 17.7 Å². The van der Waals surface area contributed by atoms with E-state index in [1.807, 2.05) is 4.90 Å². The summed E-state index contributed by atoms with van der Waals surface area (Å²) in [6.07, 6.45) is 2.49. The zero-order chi connectivity index (χ0) is 19.7. The largest absolute Gasteiger partial charge is 0.453 e. The van der Waals surface area contributed by atoms with Gasteiger partial charge in [-0.15, -0.1) is 15.3 Å². The first-order chi connectivity index (χ1) is 13.4. The average Bonchev–Trinajstić information content (AvgIpc) is 3.12.